The van der Waals surface area contributed by atoms with Crippen LogP contribution in [0, 0.1) is 5.92 Å². The minimum atomic E-state index is 0.110. The molecule has 0 fully saturated rings. The highest BCUT2D eigenvalue weighted by Gasteiger charge is 2.13. The maximum atomic E-state index is 11.8. The van der Waals surface area contributed by atoms with Crippen molar-refractivity contribution in [3.05, 3.63) is 58.9 Å². The number of hydrogen-bond donors (Lipinski definition) is 0. The van der Waals surface area contributed by atoms with E-state index >= 15 is 0 Å². The van der Waals surface area contributed by atoms with Gasteiger partial charge in [0.2, 0.25) is 5.91 Å². The molecule has 0 radical (unpaired) electrons. The Balaban J connectivity index is 2.15. The molecule has 0 aliphatic rings. The average molecular weight is 319 g/mol. The lowest BCUT2D eigenvalue weighted by Gasteiger charge is -2.24. The molecule has 0 bridgehead atoms. The zero-order valence-corrected chi connectivity index (χ0v) is 14.2. The van der Waals surface area contributed by atoms with Crippen LogP contribution in [0.5, 0.6) is 0 Å². The normalized spacial score (nSPS) is 11.0. The lowest BCUT2D eigenvalue weighted by atomic mass is 10.2. The second kappa shape index (κ2) is 7.50. The smallest absolute Gasteiger partial charge is 0.219 e. The zero-order chi connectivity index (χ0) is 16.1. The summed E-state index contributed by atoms with van der Waals surface area (Å²) >= 11 is 6.24. The van der Waals surface area contributed by atoms with Crippen molar-refractivity contribution in [2.75, 3.05) is 6.54 Å². The first-order valence-corrected chi connectivity index (χ1v) is 7.98. The summed E-state index contributed by atoms with van der Waals surface area (Å²) in [5, 5.41) is 0.771. The molecule has 0 aliphatic heterocycles. The van der Waals surface area contributed by atoms with E-state index in [0.29, 0.717) is 12.5 Å². The van der Waals surface area contributed by atoms with Crippen molar-refractivity contribution in [2.45, 2.75) is 33.9 Å². The van der Waals surface area contributed by atoms with Gasteiger partial charge in [-0.3, -0.25) is 4.79 Å². The molecule has 0 saturated carbocycles. The molecule has 0 aliphatic carbocycles. The third-order valence-corrected chi connectivity index (χ3v) is 3.97. The molecule has 22 heavy (non-hydrogen) atoms. The number of nitrogens with zero attached hydrogens (tertiary/aromatic N) is 2. The Hall–Kier alpha value is -1.74. The zero-order valence-electron chi connectivity index (χ0n) is 13.4. The molecule has 0 spiro atoms. The van der Waals surface area contributed by atoms with Crippen LogP contribution in [0.1, 0.15) is 32.0 Å². The molecule has 0 unspecified atom stereocenters. The van der Waals surface area contributed by atoms with Crippen LogP contribution in [0.15, 0.2) is 42.6 Å². The van der Waals surface area contributed by atoms with E-state index in [1.54, 1.807) is 6.92 Å². The fourth-order valence-electron chi connectivity index (χ4n) is 2.50. The maximum absolute atomic E-state index is 11.8. The van der Waals surface area contributed by atoms with Gasteiger partial charge in [-0.2, -0.15) is 0 Å². The van der Waals surface area contributed by atoms with Crippen molar-refractivity contribution < 1.29 is 4.79 Å². The number of carbonyl (C=O) groups is 1. The SMILES string of the molecule is CC(=O)N(Cc1cccn1Cc1ccccc1Cl)CC(C)C. The first-order valence-electron chi connectivity index (χ1n) is 7.60. The summed E-state index contributed by atoms with van der Waals surface area (Å²) in [7, 11) is 0. The number of aromatic nitrogens is 1. The summed E-state index contributed by atoms with van der Waals surface area (Å²) in [5.74, 6) is 0.565. The minimum Gasteiger partial charge on any atom is -0.345 e. The van der Waals surface area contributed by atoms with Crippen LogP contribution in [-0.2, 0) is 17.9 Å². The van der Waals surface area contributed by atoms with Crippen molar-refractivity contribution in [1.29, 1.82) is 0 Å². The Morgan fingerprint density at radius 1 is 1.23 bits per heavy atom. The van der Waals surface area contributed by atoms with Gasteiger partial charge in [0, 0.05) is 36.9 Å². The molecule has 0 N–H and O–H groups in total. The van der Waals surface area contributed by atoms with Gasteiger partial charge in [-0.15, -0.1) is 0 Å². The van der Waals surface area contributed by atoms with Gasteiger partial charge in [0.15, 0.2) is 0 Å². The van der Waals surface area contributed by atoms with Gasteiger partial charge in [0.05, 0.1) is 6.54 Å². The van der Waals surface area contributed by atoms with Crippen molar-refractivity contribution >= 4 is 17.5 Å². The molecule has 4 heteroatoms. The van der Waals surface area contributed by atoms with Crippen LogP contribution in [0.3, 0.4) is 0 Å². The molecule has 0 atom stereocenters. The van der Waals surface area contributed by atoms with Crippen LogP contribution in [0.25, 0.3) is 0 Å². The monoisotopic (exact) mass is 318 g/mol. The van der Waals surface area contributed by atoms with E-state index in [0.717, 1.165) is 29.4 Å². The van der Waals surface area contributed by atoms with Crippen molar-refractivity contribution in [1.82, 2.24) is 9.47 Å². The molecule has 1 aromatic carbocycles. The van der Waals surface area contributed by atoms with Gasteiger partial charge in [0.1, 0.15) is 0 Å². The Kier molecular flexibility index (Phi) is 5.67. The Labute approximate surface area is 137 Å². The van der Waals surface area contributed by atoms with E-state index in [4.69, 9.17) is 11.6 Å². The average Bonchev–Trinajstić information content (AvgIpc) is 2.87. The van der Waals surface area contributed by atoms with E-state index < -0.39 is 0 Å². The van der Waals surface area contributed by atoms with Crippen LogP contribution >= 0.6 is 11.6 Å². The van der Waals surface area contributed by atoms with Crippen LogP contribution < -0.4 is 0 Å². The third-order valence-electron chi connectivity index (χ3n) is 3.61. The van der Waals surface area contributed by atoms with Gasteiger partial charge in [-0.05, 0) is 29.7 Å². The molecule has 2 aromatic rings. The molecule has 2 rings (SSSR count). The molecule has 1 heterocycles. The summed E-state index contributed by atoms with van der Waals surface area (Å²) in [4.78, 5) is 13.7. The quantitative estimate of drug-likeness (QED) is 0.784. The molecule has 0 saturated heterocycles. The van der Waals surface area contributed by atoms with E-state index in [9.17, 15) is 4.79 Å². The highest BCUT2D eigenvalue weighted by atomic mass is 35.5. The molecule has 118 valence electrons. The van der Waals surface area contributed by atoms with Crippen LogP contribution in [0.4, 0.5) is 0 Å². The van der Waals surface area contributed by atoms with Gasteiger partial charge >= 0.3 is 0 Å². The number of amides is 1. The van der Waals surface area contributed by atoms with Gasteiger partial charge < -0.3 is 9.47 Å². The predicted molar refractivity (Wildman–Crippen MR) is 90.9 cm³/mol. The predicted octanol–water partition coefficient (Wildman–Crippen LogP) is 4.19. The van der Waals surface area contributed by atoms with Crippen molar-refractivity contribution in [3.8, 4) is 0 Å². The topological polar surface area (TPSA) is 25.2 Å². The maximum Gasteiger partial charge on any atom is 0.219 e. The summed E-state index contributed by atoms with van der Waals surface area (Å²) in [6.45, 7) is 7.99. The molecule has 1 amide bonds. The number of rotatable bonds is 6. The third kappa shape index (κ3) is 4.38. The lowest BCUT2D eigenvalue weighted by Crippen LogP contribution is -2.32. The van der Waals surface area contributed by atoms with Gasteiger partial charge in [-0.1, -0.05) is 43.6 Å². The van der Waals surface area contributed by atoms with E-state index in [1.165, 1.54) is 0 Å². The summed E-state index contributed by atoms with van der Waals surface area (Å²) in [5.41, 5.74) is 2.20. The summed E-state index contributed by atoms with van der Waals surface area (Å²) in [6.07, 6.45) is 2.03. The Morgan fingerprint density at radius 3 is 2.59 bits per heavy atom. The van der Waals surface area contributed by atoms with Gasteiger partial charge in [-0.25, -0.2) is 0 Å². The summed E-state index contributed by atoms with van der Waals surface area (Å²) in [6, 6.07) is 11.9. The molecule has 1 aromatic heterocycles. The van der Waals surface area contributed by atoms with E-state index in [1.807, 2.05) is 41.4 Å². The summed E-state index contributed by atoms with van der Waals surface area (Å²) < 4.78 is 2.15. The highest BCUT2D eigenvalue weighted by Crippen LogP contribution is 2.18. The van der Waals surface area contributed by atoms with Crippen LogP contribution in [-0.4, -0.2) is 21.9 Å². The number of halogens is 1. The van der Waals surface area contributed by atoms with Crippen LogP contribution in [0.2, 0.25) is 5.02 Å². The van der Waals surface area contributed by atoms with Crippen molar-refractivity contribution in [2.24, 2.45) is 5.92 Å². The van der Waals surface area contributed by atoms with Crippen molar-refractivity contribution in [3.63, 3.8) is 0 Å². The Morgan fingerprint density at radius 2 is 1.95 bits per heavy atom. The number of hydrogen-bond acceptors (Lipinski definition) is 1. The molecule has 3 nitrogen and oxygen atoms in total. The minimum absolute atomic E-state index is 0.110. The number of carbonyl (C=O) groups excluding carboxylic acids is 1. The molecular formula is C18H23ClN2O. The largest absolute Gasteiger partial charge is 0.345 e. The standard InChI is InChI=1S/C18H23ClN2O/c1-14(2)11-21(15(3)22)13-17-8-6-10-20(17)12-16-7-4-5-9-18(16)19/h4-10,14H,11-13H2,1-3H3. The highest BCUT2D eigenvalue weighted by molar-refractivity contribution is 6.31. The van der Waals surface area contributed by atoms with E-state index in [-0.39, 0.29) is 5.91 Å². The first kappa shape index (κ1) is 16.6. The second-order valence-corrected chi connectivity index (χ2v) is 6.42. The van der Waals surface area contributed by atoms with Gasteiger partial charge in [0.25, 0.3) is 0 Å². The second-order valence-electron chi connectivity index (χ2n) is 6.01. The fourth-order valence-corrected chi connectivity index (χ4v) is 2.69. The van der Waals surface area contributed by atoms with E-state index in [2.05, 4.69) is 24.5 Å². The Bertz CT molecular complexity index is 634. The lowest BCUT2D eigenvalue weighted by molar-refractivity contribution is -0.130. The first-order chi connectivity index (χ1) is 10.5. The number of benzene rings is 1. The molecular weight excluding hydrogens is 296 g/mol. The fraction of sp³-hybridized carbons (Fsp3) is 0.389.